The summed E-state index contributed by atoms with van der Waals surface area (Å²) in [5.41, 5.74) is 0. The summed E-state index contributed by atoms with van der Waals surface area (Å²) in [4.78, 5) is 0. The van der Waals surface area contributed by atoms with Gasteiger partial charge < -0.3 is 0 Å². The first-order valence-corrected chi connectivity index (χ1v) is 5.24. The van der Waals surface area contributed by atoms with Gasteiger partial charge in [-0.1, -0.05) is 18.2 Å². The van der Waals surface area contributed by atoms with Crippen LogP contribution in [0.2, 0.25) is 0 Å². The fourth-order valence-corrected chi connectivity index (χ4v) is 1.49. The minimum Gasteiger partial charge on any atom is -0.176 e. The first-order chi connectivity index (χ1) is 4.61. The fourth-order valence-electron chi connectivity index (χ4n) is 0.602. The average Bonchev–Trinajstić information content (AvgIpc) is 1.88. The van der Waals surface area contributed by atoms with Crippen molar-refractivity contribution < 1.29 is 8.39 Å². The zero-order chi connectivity index (χ0) is 7.61. The molecule has 0 amide bonds. The molecule has 0 aliphatic rings. The van der Waals surface area contributed by atoms with Crippen LogP contribution in [0.3, 0.4) is 0 Å². The van der Waals surface area contributed by atoms with Gasteiger partial charge in [0.1, 0.15) is 0 Å². The largest absolute Gasteiger partial charge is 0.301 e. The number of hydrogen-bond donors (Lipinski definition) is 0. The lowest BCUT2D eigenvalue weighted by atomic mass is 10.4. The van der Waals surface area contributed by atoms with Gasteiger partial charge in [0, 0.05) is 5.30 Å². The van der Waals surface area contributed by atoms with Crippen molar-refractivity contribution >= 4 is 23.8 Å². The van der Waals surface area contributed by atoms with E-state index < -0.39 is 6.66 Å². The van der Waals surface area contributed by atoms with Crippen molar-refractivity contribution in [2.75, 3.05) is 0 Å². The molecule has 54 valence electrons. The van der Waals surface area contributed by atoms with Crippen LogP contribution in [0.15, 0.2) is 30.3 Å². The van der Waals surface area contributed by atoms with Gasteiger partial charge in [0.15, 0.2) is 0 Å². The molecule has 0 unspecified atom stereocenters. The molecule has 10 heavy (non-hydrogen) atoms. The van der Waals surface area contributed by atoms with Crippen molar-refractivity contribution in [1.29, 1.82) is 0 Å². The molecule has 0 heterocycles. The highest BCUT2D eigenvalue weighted by Crippen LogP contribution is 2.47. The summed E-state index contributed by atoms with van der Waals surface area (Å²) in [5.74, 6) is 0. The predicted molar refractivity (Wildman–Crippen MR) is 42.6 cm³/mol. The number of rotatable bonds is 1. The Kier molecular flexibility index (Phi) is 2.17. The number of halogens is 2. The predicted octanol–water partition coefficient (Wildman–Crippen LogP) is 2.56. The Bertz CT molecular complexity index is 254. The Labute approximate surface area is 63.1 Å². The van der Waals surface area contributed by atoms with Crippen LogP contribution in [-0.4, -0.2) is 0 Å². The maximum Gasteiger partial charge on any atom is 0.301 e. The molecular formula is C6H5F2PS. The summed E-state index contributed by atoms with van der Waals surface area (Å²) in [5, 5.41) is -0.00926. The lowest BCUT2D eigenvalue weighted by Gasteiger charge is -1.99. The summed E-state index contributed by atoms with van der Waals surface area (Å²) in [6.45, 7) is -4.18. The summed E-state index contributed by atoms with van der Waals surface area (Å²) in [7, 11) is 0. The maximum absolute atomic E-state index is 12.4. The summed E-state index contributed by atoms with van der Waals surface area (Å²) >= 11 is 4.03. The van der Waals surface area contributed by atoms with Crippen molar-refractivity contribution in [1.82, 2.24) is 0 Å². The van der Waals surface area contributed by atoms with Crippen molar-refractivity contribution in [2.24, 2.45) is 0 Å². The van der Waals surface area contributed by atoms with E-state index in [9.17, 15) is 8.39 Å². The first-order valence-electron chi connectivity index (χ1n) is 2.65. The first kappa shape index (κ1) is 7.83. The third-order valence-corrected chi connectivity index (χ3v) is 2.59. The normalized spacial score (nSPS) is 11.4. The molecule has 0 saturated heterocycles. The molecule has 0 saturated carbocycles. The zero-order valence-corrected chi connectivity index (χ0v) is 6.71. The molecule has 0 atom stereocenters. The van der Waals surface area contributed by atoms with Crippen LogP contribution in [0.4, 0.5) is 8.39 Å². The quantitative estimate of drug-likeness (QED) is 0.595. The molecule has 0 aromatic heterocycles. The molecule has 4 heteroatoms. The van der Waals surface area contributed by atoms with E-state index >= 15 is 0 Å². The SMILES string of the molecule is FP(F)(=S)c1ccccc1. The number of hydrogen-bond acceptors (Lipinski definition) is 1. The molecule has 1 rings (SSSR count). The van der Waals surface area contributed by atoms with E-state index in [2.05, 4.69) is 11.8 Å². The van der Waals surface area contributed by atoms with Gasteiger partial charge >= 0.3 is 6.66 Å². The molecule has 0 N–H and O–H groups in total. The van der Waals surface area contributed by atoms with Gasteiger partial charge in [0.2, 0.25) is 0 Å². The second-order valence-electron chi connectivity index (χ2n) is 1.80. The summed E-state index contributed by atoms with van der Waals surface area (Å²) in [6, 6.07) is 7.54. The second-order valence-corrected chi connectivity index (χ2v) is 4.61. The van der Waals surface area contributed by atoms with Gasteiger partial charge in [-0.15, -0.1) is 0 Å². The van der Waals surface area contributed by atoms with Crippen molar-refractivity contribution in [3.63, 3.8) is 0 Å². The molecule has 0 radical (unpaired) electrons. The van der Waals surface area contributed by atoms with E-state index in [1.54, 1.807) is 18.2 Å². The van der Waals surface area contributed by atoms with Crippen molar-refractivity contribution in [2.45, 2.75) is 0 Å². The lowest BCUT2D eigenvalue weighted by molar-refractivity contribution is 0.759. The highest BCUT2D eigenvalue weighted by molar-refractivity contribution is 8.13. The van der Waals surface area contributed by atoms with Gasteiger partial charge in [-0.05, 0) is 23.9 Å². The highest BCUT2D eigenvalue weighted by Gasteiger charge is 2.14. The van der Waals surface area contributed by atoms with Crippen LogP contribution in [0.1, 0.15) is 0 Å². The van der Waals surface area contributed by atoms with Crippen molar-refractivity contribution in [3.05, 3.63) is 30.3 Å². The zero-order valence-electron chi connectivity index (χ0n) is 5.00. The molecule has 1 aromatic rings. The second kappa shape index (κ2) is 2.77. The van der Waals surface area contributed by atoms with Gasteiger partial charge in [-0.3, -0.25) is 0 Å². The summed E-state index contributed by atoms with van der Waals surface area (Å²) < 4.78 is 24.8. The highest BCUT2D eigenvalue weighted by atomic mass is 32.5. The van der Waals surface area contributed by atoms with Gasteiger partial charge in [-0.2, -0.15) is 8.39 Å². The Hall–Kier alpha value is -0.270. The van der Waals surface area contributed by atoms with Crippen LogP contribution in [-0.2, 0) is 11.8 Å². The summed E-state index contributed by atoms with van der Waals surface area (Å²) in [6.07, 6.45) is 0. The molecular weight excluding hydrogens is 173 g/mol. The van der Waals surface area contributed by atoms with E-state index in [0.29, 0.717) is 0 Å². The topological polar surface area (TPSA) is 0 Å². The van der Waals surface area contributed by atoms with E-state index in [1.165, 1.54) is 12.1 Å². The van der Waals surface area contributed by atoms with Crippen LogP contribution < -0.4 is 5.30 Å². The molecule has 0 spiro atoms. The van der Waals surface area contributed by atoms with E-state index in [-0.39, 0.29) is 5.30 Å². The van der Waals surface area contributed by atoms with Crippen molar-refractivity contribution in [3.8, 4) is 0 Å². The minimum absolute atomic E-state index is 0.00926. The minimum atomic E-state index is -4.18. The third-order valence-electron chi connectivity index (χ3n) is 1.06. The van der Waals surface area contributed by atoms with E-state index in [4.69, 9.17) is 0 Å². The monoisotopic (exact) mass is 178 g/mol. The van der Waals surface area contributed by atoms with Crippen LogP contribution in [0, 0.1) is 0 Å². The maximum atomic E-state index is 12.4. The Balaban J connectivity index is 3.09. The van der Waals surface area contributed by atoms with E-state index in [0.717, 1.165) is 0 Å². The smallest absolute Gasteiger partial charge is 0.176 e. The Morgan fingerprint density at radius 1 is 1.10 bits per heavy atom. The molecule has 0 nitrogen and oxygen atoms in total. The van der Waals surface area contributed by atoms with Gasteiger partial charge in [0.25, 0.3) is 0 Å². The molecule has 0 bridgehead atoms. The standard InChI is InChI=1S/C6H5F2PS/c7-9(8,10)6-4-2-1-3-5-6/h1-5H. The average molecular weight is 178 g/mol. The molecule has 0 fully saturated rings. The Morgan fingerprint density at radius 2 is 1.60 bits per heavy atom. The lowest BCUT2D eigenvalue weighted by Crippen LogP contribution is -1.94. The van der Waals surface area contributed by atoms with Gasteiger partial charge in [-0.25, -0.2) is 0 Å². The third kappa shape index (κ3) is 1.86. The van der Waals surface area contributed by atoms with Crippen LogP contribution in [0.5, 0.6) is 0 Å². The molecule has 0 aliphatic carbocycles. The fraction of sp³-hybridized carbons (Fsp3) is 0. The van der Waals surface area contributed by atoms with Crippen LogP contribution >= 0.6 is 6.66 Å². The molecule has 0 aliphatic heterocycles. The number of benzene rings is 1. The van der Waals surface area contributed by atoms with Gasteiger partial charge in [0.05, 0.1) is 0 Å². The molecule has 1 aromatic carbocycles. The van der Waals surface area contributed by atoms with Crippen LogP contribution in [0.25, 0.3) is 0 Å². The van der Waals surface area contributed by atoms with E-state index in [1.807, 2.05) is 0 Å². The Morgan fingerprint density at radius 3 is 1.90 bits per heavy atom.